The van der Waals surface area contributed by atoms with E-state index in [4.69, 9.17) is 4.74 Å². The van der Waals surface area contributed by atoms with Gasteiger partial charge in [-0.3, -0.25) is 9.20 Å². The molecule has 3 N–H and O–H groups in total. The van der Waals surface area contributed by atoms with Gasteiger partial charge in [-0.05, 0) is 37.1 Å². The van der Waals surface area contributed by atoms with Gasteiger partial charge in [0.1, 0.15) is 11.4 Å². The summed E-state index contributed by atoms with van der Waals surface area (Å²) in [6.07, 6.45) is 2.85. The lowest BCUT2D eigenvalue weighted by atomic mass is 9.91. The van der Waals surface area contributed by atoms with Gasteiger partial charge in [0, 0.05) is 25.0 Å². The summed E-state index contributed by atoms with van der Waals surface area (Å²) in [4.78, 5) is 17.5. The van der Waals surface area contributed by atoms with E-state index in [1.807, 2.05) is 24.3 Å². The number of pyridine rings is 1. The summed E-state index contributed by atoms with van der Waals surface area (Å²) in [5.41, 5.74) is 1.10. The number of ether oxygens (including phenoxy) is 1. The van der Waals surface area contributed by atoms with Crippen LogP contribution in [0.1, 0.15) is 23.5 Å². The molecule has 7 heteroatoms. The zero-order valence-corrected chi connectivity index (χ0v) is 14.8. The molecular formula is C20H21N3O4. The fraction of sp³-hybridized carbons (Fsp3) is 0.300. The van der Waals surface area contributed by atoms with Crippen molar-refractivity contribution in [1.82, 2.24) is 14.7 Å². The molecule has 1 saturated heterocycles. The van der Waals surface area contributed by atoms with Crippen LogP contribution >= 0.6 is 0 Å². The van der Waals surface area contributed by atoms with E-state index in [0.717, 1.165) is 0 Å². The van der Waals surface area contributed by atoms with Crippen molar-refractivity contribution in [2.75, 3.05) is 19.8 Å². The number of carbonyl (C=O) groups excluding carboxylic acids is 1. The highest BCUT2D eigenvalue weighted by Crippen LogP contribution is 2.32. The second-order valence-corrected chi connectivity index (χ2v) is 6.76. The van der Waals surface area contributed by atoms with Crippen molar-refractivity contribution in [3.8, 4) is 17.0 Å². The van der Waals surface area contributed by atoms with Crippen molar-refractivity contribution in [3.05, 3.63) is 54.5 Å². The summed E-state index contributed by atoms with van der Waals surface area (Å²) in [7, 11) is 0. The number of nitrogens with one attached hydrogen (secondary N) is 1. The molecule has 7 nitrogen and oxygen atoms in total. The van der Waals surface area contributed by atoms with Crippen molar-refractivity contribution in [2.24, 2.45) is 0 Å². The third-order valence-corrected chi connectivity index (χ3v) is 5.04. The van der Waals surface area contributed by atoms with Crippen LogP contribution in [0, 0.1) is 0 Å². The van der Waals surface area contributed by atoms with Crippen molar-refractivity contribution in [2.45, 2.75) is 18.4 Å². The number of carbonyl (C=O) groups is 1. The van der Waals surface area contributed by atoms with Gasteiger partial charge in [-0.15, -0.1) is 0 Å². The van der Waals surface area contributed by atoms with Gasteiger partial charge in [-0.1, -0.05) is 18.2 Å². The number of fused-ring (bicyclic) bond motifs is 1. The third kappa shape index (κ3) is 3.15. The molecule has 140 valence electrons. The van der Waals surface area contributed by atoms with Gasteiger partial charge in [-0.2, -0.15) is 0 Å². The molecule has 0 bridgehead atoms. The first-order valence-corrected chi connectivity index (χ1v) is 8.90. The number of amides is 1. The summed E-state index contributed by atoms with van der Waals surface area (Å²) in [5, 5.41) is 23.0. The number of hydrogen-bond acceptors (Lipinski definition) is 5. The van der Waals surface area contributed by atoms with E-state index >= 15 is 0 Å². The maximum Gasteiger partial charge on any atom is 0.288 e. The van der Waals surface area contributed by atoms with Crippen LogP contribution in [-0.2, 0) is 4.74 Å². The molecule has 2 aromatic heterocycles. The van der Waals surface area contributed by atoms with Crippen LogP contribution < -0.4 is 5.32 Å². The van der Waals surface area contributed by atoms with Gasteiger partial charge in [-0.25, -0.2) is 4.98 Å². The standard InChI is InChI=1S/C20H21N3O4/c24-13-20(8-11-27-12-9-20)22-19(26)18-21-17(14-5-1-2-7-16(14)25)15-6-3-4-10-23(15)18/h1-7,10,24-25H,8-9,11-13H2,(H,22,26). The van der Waals surface area contributed by atoms with Crippen LogP contribution in [0.2, 0.25) is 0 Å². The normalized spacial score (nSPS) is 16.3. The first-order chi connectivity index (χ1) is 13.1. The Morgan fingerprint density at radius 1 is 1.19 bits per heavy atom. The van der Waals surface area contributed by atoms with E-state index < -0.39 is 5.54 Å². The van der Waals surface area contributed by atoms with E-state index in [2.05, 4.69) is 10.3 Å². The number of aromatic hydroxyl groups is 1. The molecule has 1 aromatic carbocycles. The largest absolute Gasteiger partial charge is 0.507 e. The first-order valence-electron chi connectivity index (χ1n) is 8.90. The SMILES string of the molecule is O=C(NC1(CO)CCOCC1)c1nc(-c2ccccc2O)c2ccccn12. The van der Waals surface area contributed by atoms with E-state index in [1.165, 1.54) is 0 Å². The summed E-state index contributed by atoms with van der Waals surface area (Å²) >= 11 is 0. The van der Waals surface area contributed by atoms with E-state index in [0.29, 0.717) is 42.8 Å². The van der Waals surface area contributed by atoms with Gasteiger partial charge in [0.2, 0.25) is 5.82 Å². The number of rotatable bonds is 4. The number of phenolic OH excluding ortho intramolecular Hbond substituents is 1. The fourth-order valence-electron chi connectivity index (χ4n) is 3.45. The Hall–Kier alpha value is -2.90. The van der Waals surface area contributed by atoms with Crippen LogP contribution in [-0.4, -0.2) is 50.9 Å². The van der Waals surface area contributed by atoms with Gasteiger partial charge in [0.25, 0.3) is 5.91 Å². The molecule has 4 rings (SSSR count). The Morgan fingerprint density at radius 2 is 1.93 bits per heavy atom. The van der Waals surface area contributed by atoms with Crippen molar-refractivity contribution < 1.29 is 19.7 Å². The van der Waals surface area contributed by atoms with Crippen LogP contribution in [0.4, 0.5) is 0 Å². The number of imidazole rings is 1. The highest BCUT2D eigenvalue weighted by atomic mass is 16.5. The van der Waals surface area contributed by atoms with Crippen LogP contribution in [0.25, 0.3) is 16.8 Å². The molecule has 3 aromatic rings. The first kappa shape index (κ1) is 17.5. The van der Waals surface area contributed by atoms with E-state index in [9.17, 15) is 15.0 Å². The minimum absolute atomic E-state index is 0.101. The molecule has 0 unspecified atom stereocenters. The average molecular weight is 367 g/mol. The second-order valence-electron chi connectivity index (χ2n) is 6.76. The lowest BCUT2D eigenvalue weighted by Crippen LogP contribution is -2.54. The number of para-hydroxylation sites is 1. The Morgan fingerprint density at radius 3 is 2.67 bits per heavy atom. The summed E-state index contributed by atoms with van der Waals surface area (Å²) < 4.78 is 7.04. The van der Waals surface area contributed by atoms with Crippen molar-refractivity contribution in [3.63, 3.8) is 0 Å². The van der Waals surface area contributed by atoms with Crippen molar-refractivity contribution >= 4 is 11.4 Å². The van der Waals surface area contributed by atoms with Crippen LogP contribution in [0.15, 0.2) is 48.7 Å². The molecule has 0 aliphatic carbocycles. The molecule has 0 spiro atoms. The van der Waals surface area contributed by atoms with E-state index in [1.54, 1.807) is 28.8 Å². The zero-order valence-electron chi connectivity index (χ0n) is 14.8. The monoisotopic (exact) mass is 367 g/mol. The number of aliphatic hydroxyl groups is 1. The summed E-state index contributed by atoms with van der Waals surface area (Å²) in [6.45, 7) is 0.830. The Labute approximate surface area is 156 Å². The number of aromatic nitrogens is 2. The molecule has 1 aliphatic heterocycles. The maximum atomic E-state index is 13.0. The topological polar surface area (TPSA) is 96.1 Å². The maximum absolute atomic E-state index is 13.0. The predicted molar refractivity (Wildman–Crippen MR) is 99.6 cm³/mol. The van der Waals surface area contributed by atoms with Gasteiger partial charge in [0.15, 0.2) is 0 Å². The molecule has 1 aliphatic rings. The van der Waals surface area contributed by atoms with Gasteiger partial charge < -0.3 is 20.3 Å². The molecule has 0 atom stereocenters. The molecule has 3 heterocycles. The lowest BCUT2D eigenvalue weighted by Gasteiger charge is -2.36. The second kappa shape index (κ2) is 7.02. The number of hydrogen-bond donors (Lipinski definition) is 3. The molecule has 0 radical (unpaired) electrons. The summed E-state index contributed by atoms with van der Waals surface area (Å²) in [6, 6.07) is 12.4. The summed E-state index contributed by atoms with van der Waals surface area (Å²) in [5.74, 6) is -0.0541. The highest BCUT2D eigenvalue weighted by Gasteiger charge is 2.35. The predicted octanol–water partition coefficient (Wildman–Crippen LogP) is 1.98. The quantitative estimate of drug-likeness (QED) is 0.655. The number of aliphatic hydroxyl groups excluding tert-OH is 1. The molecule has 27 heavy (non-hydrogen) atoms. The number of phenols is 1. The zero-order chi connectivity index (χ0) is 18.9. The minimum Gasteiger partial charge on any atom is -0.507 e. The van der Waals surface area contributed by atoms with Crippen LogP contribution in [0.5, 0.6) is 5.75 Å². The lowest BCUT2D eigenvalue weighted by molar-refractivity contribution is 0.0123. The van der Waals surface area contributed by atoms with Crippen molar-refractivity contribution in [1.29, 1.82) is 0 Å². The molecule has 0 saturated carbocycles. The Bertz CT molecular complexity index is 976. The number of nitrogens with zero attached hydrogens (tertiary/aromatic N) is 2. The fourth-order valence-corrected chi connectivity index (χ4v) is 3.45. The highest BCUT2D eigenvalue weighted by molar-refractivity contribution is 5.95. The number of benzene rings is 1. The van der Waals surface area contributed by atoms with Gasteiger partial charge in [0.05, 0.1) is 17.7 Å². The van der Waals surface area contributed by atoms with Crippen LogP contribution in [0.3, 0.4) is 0 Å². The molecule has 1 fully saturated rings. The smallest absolute Gasteiger partial charge is 0.288 e. The Balaban J connectivity index is 1.76. The third-order valence-electron chi connectivity index (χ3n) is 5.04. The molecule has 1 amide bonds. The average Bonchev–Trinajstić information content (AvgIpc) is 3.09. The minimum atomic E-state index is -0.703. The Kier molecular flexibility index (Phi) is 4.55. The van der Waals surface area contributed by atoms with Gasteiger partial charge >= 0.3 is 0 Å². The molecular weight excluding hydrogens is 346 g/mol. The van der Waals surface area contributed by atoms with E-state index in [-0.39, 0.29) is 24.1 Å².